The van der Waals surface area contributed by atoms with Crippen molar-refractivity contribution in [3.05, 3.63) is 58.7 Å². The molecule has 0 unspecified atom stereocenters. The van der Waals surface area contributed by atoms with Gasteiger partial charge in [-0.1, -0.05) is 52.7 Å². The van der Waals surface area contributed by atoms with Gasteiger partial charge in [0.2, 0.25) is 0 Å². The molecule has 0 atom stereocenters. The van der Waals surface area contributed by atoms with Crippen molar-refractivity contribution in [3.8, 4) is 11.5 Å². The summed E-state index contributed by atoms with van der Waals surface area (Å²) in [5.41, 5.74) is 2.12. The number of rotatable bonds is 9. The Kier molecular flexibility index (Phi) is 7.23. The van der Waals surface area contributed by atoms with E-state index in [1.807, 2.05) is 20.8 Å². The molecule has 0 aliphatic rings. The van der Waals surface area contributed by atoms with Crippen LogP contribution in [-0.4, -0.2) is 5.11 Å². The maximum Gasteiger partial charge on any atom is 0.426 e. The minimum atomic E-state index is -3.43. The lowest BCUT2D eigenvalue weighted by molar-refractivity contribution is -0.185. The summed E-state index contributed by atoms with van der Waals surface area (Å²) in [5.74, 6) is 0.250. The van der Waals surface area contributed by atoms with Crippen LogP contribution in [0.15, 0.2) is 36.4 Å². The highest BCUT2D eigenvalue weighted by Crippen LogP contribution is 2.38. The molecule has 2 aromatic carbocycles. The third-order valence-corrected chi connectivity index (χ3v) is 4.80. The molecule has 1 N–H and O–H groups in total. The number of phenolic OH excluding ortho intramolecular Hbond substituents is 1. The molecular weight excluding hydrogens is 346 g/mol. The molecule has 148 valence electrons. The zero-order valence-electron chi connectivity index (χ0n) is 16.7. The summed E-state index contributed by atoms with van der Waals surface area (Å²) >= 11 is 0. The molecule has 0 radical (unpaired) electrons. The van der Waals surface area contributed by atoms with Gasteiger partial charge < -0.3 is 9.84 Å². The number of phenols is 1. The number of ether oxygens (including phenoxy) is 1. The number of halogens is 2. The van der Waals surface area contributed by atoms with E-state index in [2.05, 4.69) is 6.92 Å². The summed E-state index contributed by atoms with van der Waals surface area (Å²) in [6, 6.07) is 9.37. The molecule has 0 spiro atoms. The van der Waals surface area contributed by atoms with Crippen LogP contribution >= 0.6 is 0 Å². The van der Waals surface area contributed by atoms with Crippen LogP contribution in [-0.2, 0) is 19.0 Å². The van der Waals surface area contributed by atoms with E-state index < -0.39 is 6.11 Å². The molecule has 2 aromatic rings. The number of unbranched alkanes of at least 4 members (excludes halogenated alkanes) is 2. The Balaban J connectivity index is 2.21. The standard InChI is InChI=1S/C23H30F2O2/c1-5-7-8-9-17-10-12-19(13-11-17)23(24,25)27-20-14-18(6-2)22(26)21(15-20)16(3)4/h10-16,26H,5-9H2,1-4H3. The van der Waals surface area contributed by atoms with Gasteiger partial charge in [-0.3, -0.25) is 0 Å². The largest absolute Gasteiger partial charge is 0.507 e. The van der Waals surface area contributed by atoms with E-state index in [9.17, 15) is 13.9 Å². The van der Waals surface area contributed by atoms with Crippen molar-refractivity contribution in [1.82, 2.24) is 0 Å². The van der Waals surface area contributed by atoms with E-state index in [1.165, 1.54) is 24.3 Å². The fourth-order valence-corrected chi connectivity index (χ4v) is 3.11. The summed E-state index contributed by atoms with van der Waals surface area (Å²) in [6.07, 6.45) is 1.34. The van der Waals surface area contributed by atoms with E-state index in [1.54, 1.807) is 12.1 Å². The van der Waals surface area contributed by atoms with Crippen molar-refractivity contribution in [1.29, 1.82) is 0 Å². The van der Waals surface area contributed by atoms with E-state index in [0.717, 1.165) is 31.2 Å². The first-order valence-corrected chi connectivity index (χ1v) is 9.80. The van der Waals surface area contributed by atoms with Crippen molar-refractivity contribution in [2.45, 2.75) is 71.8 Å². The summed E-state index contributed by atoms with van der Waals surface area (Å²) < 4.78 is 34.4. The molecule has 0 saturated carbocycles. The van der Waals surface area contributed by atoms with Gasteiger partial charge in [-0.15, -0.1) is 0 Å². The number of aryl methyl sites for hydroxylation is 2. The maximum absolute atomic E-state index is 14.7. The van der Waals surface area contributed by atoms with Crippen LogP contribution in [0.2, 0.25) is 0 Å². The average Bonchev–Trinajstić information content (AvgIpc) is 2.63. The van der Waals surface area contributed by atoms with Gasteiger partial charge in [-0.05, 0) is 60.6 Å². The second-order valence-electron chi connectivity index (χ2n) is 7.30. The molecule has 27 heavy (non-hydrogen) atoms. The molecule has 0 aromatic heterocycles. The highest BCUT2D eigenvalue weighted by Gasteiger charge is 2.35. The highest BCUT2D eigenvalue weighted by atomic mass is 19.3. The Labute approximate surface area is 161 Å². The zero-order valence-corrected chi connectivity index (χ0v) is 16.7. The Hall–Kier alpha value is -2.10. The molecule has 2 nitrogen and oxygen atoms in total. The van der Waals surface area contributed by atoms with Gasteiger partial charge >= 0.3 is 6.11 Å². The normalized spacial score (nSPS) is 11.8. The third kappa shape index (κ3) is 5.44. The van der Waals surface area contributed by atoms with Crippen LogP contribution in [0.5, 0.6) is 11.5 Å². The van der Waals surface area contributed by atoms with E-state index >= 15 is 0 Å². The first-order valence-electron chi connectivity index (χ1n) is 9.80. The third-order valence-electron chi connectivity index (χ3n) is 4.80. The van der Waals surface area contributed by atoms with Gasteiger partial charge in [0, 0.05) is 5.56 Å². The van der Waals surface area contributed by atoms with Gasteiger partial charge in [-0.25, -0.2) is 0 Å². The Bertz CT molecular complexity index is 737. The quantitative estimate of drug-likeness (QED) is 0.480. The molecule has 0 bridgehead atoms. The number of aromatic hydroxyl groups is 1. The number of benzene rings is 2. The van der Waals surface area contributed by atoms with Gasteiger partial charge in [0.15, 0.2) is 0 Å². The molecule has 2 rings (SSSR count). The first kappa shape index (κ1) is 21.2. The topological polar surface area (TPSA) is 29.5 Å². The first-order chi connectivity index (χ1) is 12.8. The SMILES string of the molecule is CCCCCc1ccc(C(F)(F)Oc2cc(CC)c(O)c(C(C)C)c2)cc1. The average molecular weight is 376 g/mol. The van der Waals surface area contributed by atoms with Crippen molar-refractivity contribution in [2.75, 3.05) is 0 Å². The highest BCUT2D eigenvalue weighted by molar-refractivity contribution is 5.48. The van der Waals surface area contributed by atoms with Gasteiger partial charge in [0.05, 0.1) is 5.56 Å². The summed E-state index contributed by atoms with van der Waals surface area (Å²) in [6.45, 7) is 7.83. The zero-order chi connectivity index (χ0) is 20.0. The lowest BCUT2D eigenvalue weighted by Crippen LogP contribution is -2.22. The van der Waals surface area contributed by atoms with Crippen LogP contribution in [0.1, 0.15) is 75.1 Å². The molecule has 0 saturated heterocycles. The summed E-state index contributed by atoms with van der Waals surface area (Å²) in [7, 11) is 0. The van der Waals surface area contributed by atoms with E-state index in [-0.39, 0.29) is 23.0 Å². The molecule has 0 aliphatic carbocycles. The molecule has 4 heteroatoms. The minimum absolute atomic E-state index is 0.00915. The van der Waals surface area contributed by atoms with Crippen LogP contribution in [0, 0.1) is 0 Å². The number of alkyl halides is 2. The maximum atomic E-state index is 14.7. The molecule has 0 fully saturated rings. The van der Waals surface area contributed by atoms with Crippen LogP contribution in [0.4, 0.5) is 8.78 Å². The van der Waals surface area contributed by atoms with Crippen molar-refractivity contribution in [3.63, 3.8) is 0 Å². The number of hydrogen-bond donors (Lipinski definition) is 1. The van der Waals surface area contributed by atoms with E-state index in [0.29, 0.717) is 17.5 Å². The molecule has 0 heterocycles. The van der Waals surface area contributed by atoms with Crippen LogP contribution < -0.4 is 4.74 Å². The lowest BCUT2D eigenvalue weighted by atomic mass is 9.97. The molecule has 0 aliphatic heterocycles. The van der Waals surface area contributed by atoms with Gasteiger partial charge in [0.1, 0.15) is 11.5 Å². The lowest BCUT2D eigenvalue weighted by Gasteiger charge is -2.21. The molecule has 0 amide bonds. The Morgan fingerprint density at radius 3 is 2.26 bits per heavy atom. The van der Waals surface area contributed by atoms with Crippen molar-refractivity contribution < 1.29 is 18.6 Å². The second-order valence-corrected chi connectivity index (χ2v) is 7.30. The van der Waals surface area contributed by atoms with Crippen molar-refractivity contribution >= 4 is 0 Å². The monoisotopic (exact) mass is 376 g/mol. The van der Waals surface area contributed by atoms with Crippen molar-refractivity contribution in [2.24, 2.45) is 0 Å². The number of hydrogen-bond acceptors (Lipinski definition) is 2. The fraction of sp³-hybridized carbons (Fsp3) is 0.478. The van der Waals surface area contributed by atoms with Crippen LogP contribution in [0.25, 0.3) is 0 Å². The van der Waals surface area contributed by atoms with Gasteiger partial charge in [-0.2, -0.15) is 8.78 Å². The Morgan fingerprint density at radius 1 is 1.04 bits per heavy atom. The predicted octanol–water partition coefficient (Wildman–Crippen LogP) is 6.94. The summed E-state index contributed by atoms with van der Waals surface area (Å²) in [5, 5.41) is 10.3. The van der Waals surface area contributed by atoms with Crippen LogP contribution in [0.3, 0.4) is 0 Å². The molecular formula is C23H30F2O2. The van der Waals surface area contributed by atoms with E-state index in [4.69, 9.17) is 4.74 Å². The predicted molar refractivity (Wildman–Crippen MR) is 106 cm³/mol. The smallest absolute Gasteiger partial charge is 0.426 e. The second kappa shape index (κ2) is 9.20. The minimum Gasteiger partial charge on any atom is -0.507 e. The van der Waals surface area contributed by atoms with Gasteiger partial charge in [0.25, 0.3) is 0 Å². The fourth-order valence-electron chi connectivity index (χ4n) is 3.11. The summed E-state index contributed by atoms with van der Waals surface area (Å²) in [4.78, 5) is 0. The Morgan fingerprint density at radius 2 is 1.70 bits per heavy atom.